The molecule has 1 aromatic heterocycles. The summed E-state index contributed by atoms with van der Waals surface area (Å²) in [6.45, 7) is 3.15. The van der Waals surface area contributed by atoms with Gasteiger partial charge in [0.2, 0.25) is 0 Å². The SMILES string of the molecule is COc1ccc(Br)cc1C(CN)N(C)Cc1ccc(C)o1. The average Bonchev–Trinajstić information content (AvgIpc) is 2.85. The van der Waals surface area contributed by atoms with Gasteiger partial charge in [0.05, 0.1) is 19.7 Å². The first-order chi connectivity index (χ1) is 10.0. The number of aryl methyl sites for hydroxylation is 1. The summed E-state index contributed by atoms with van der Waals surface area (Å²) in [6.07, 6.45) is 0. The fourth-order valence-electron chi connectivity index (χ4n) is 2.44. The Balaban J connectivity index is 2.24. The number of likely N-dealkylation sites (N-methyl/N-ethyl adjacent to an activating group) is 1. The molecule has 2 aromatic rings. The largest absolute Gasteiger partial charge is 0.496 e. The highest BCUT2D eigenvalue weighted by molar-refractivity contribution is 9.10. The lowest BCUT2D eigenvalue weighted by Crippen LogP contribution is -2.30. The summed E-state index contributed by atoms with van der Waals surface area (Å²) in [4.78, 5) is 2.17. The van der Waals surface area contributed by atoms with Crippen molar-refractivity contribution in [1.29, 1.82) is 0 Å². The summed E-state index contributed by atoms with van der Waals surface area (Å²) in [5.74, 6) is 2.70. The molecule has 0 saturated heterocycles. The Morgan fingerprint density at radius 3 is 2.67 bits per heavy atom. The molecule has 0 bridgehead atoms. The van der Waals surface area contributed by atoms with Crippen LogP contribution < -0.4 is 10.5 Å². The molecule has 0 radical (unpaired) electrons. The Morgan fingerprint density at radius 2 is 2.10 bits per heavy atom. The van der Waals surface area contributed by atoms with Crippen molar-refractivity contribution in [3.63, 3.8) is 0 Å². The predicted molar refractivity (Wildman–Crippen MR) is 87.4 cm³/mol. The number of rotatable bonds is 6. The van der Waals surface area contributed by atoms with Crippen molar-refractivity contribution < 1.29 is 9.15 Å². The third-order valence-corrected chi connectivity index (χ3v) is 4.00. The topological polar surface area (TPSA) is 51.6 Å². The van der Waals surface area contributed by atoms with Crippen LogP contribution in [0.25, 0.3) is 0 Å². The van der Waals surface area contributed by atoms with Crippen molar-refractivity contribution in [2.24, 2.45) is 5.73 Å². The van der Waals surface area contributed by atoms with Gasteiger partial charge in [-0.25, -0.2) is 0 Å². The lowest BCUT2D eigenvalue weighted by atomic mass is 10.0. The van der Waals surface area contributed by atoms with Gasteiger partial charge in [-0.15, -0.1) is 0 Å². The molecule has 0 aliphatic heterocycles. The third-order valence-electron chi connectivity index (χ3n) is 3.51. The van der Waals surface area contributed by atoms with Gasteiger partial charge in [-0.1, -0.05) is 15.9 Å². The standard InChI is InChI=1S/C16H21BrN2O2/c1-11-4-6-13(21-11)10-19(2)15(9-18)14-8-12(17)5-7-16(14)20-3/h4-8,15H,9-10,18H2,1-3H3. The van der Waals surface area contributed by atoms with E-state index in [9.17, 15) is 0 Å². The zero-order chi connectivity index (χ0) is 15.4. The highest BCUT2D eigenvalue weighted by Gasteiger charge is 2.20. The molecule has 5 heteroatoms. The first kappa shape index (κ1) is 16.1. The van der Waals surface area contributed by atoms with Crippen molar-refractivity contribution in [3.05, 3.63) is 51.9 Å². The highest BCUT2D eigenvalue weighted by Crippen LogP contribution is 2.31. The highest BCUT2D eigenvalue weighted by atomic mass is 79.9. The molecule has 0 aliphatic carbocycles. The van der Waals surface area contributed by atoms with Crippen LogP contribution in [0.1, 0.15) is 23.1 Å². The molecule has 1 heterocycles. The lowest BCUT2D eigenvalue weighted by Gasteiger charge is -2.28. The van der Waals surface area contributed by atoms with Crippen molar-refractivity contribution in [3.8, 4) is 5.75 Å². The maximum Gasteiger partial charge on any atom is 0.123 e. The molecular weight excluding hydrogens is 332 g/mol. The van der Waals surface area contributed by atoms with E-state index in [4.69, 9.17) is 14.9 Å². The Morgan fingerprint density at radius 1 is 1.33 bits per heavy atom. The number of nitrogens with two attached hydrogens (primary N) is 1. The first-order valence-corrected chi connectivity index (χ1v) is 7.63. The molecule has 0 aliphatic rings. The molecular formula is C16H21BrN2O2. The van der Waals surface area contributed by atoms with E-state index in [-0.39, 0.29) is 6.04 Å². The maximum atomic E-state index is 6.00. The minimum atomic E-state index is 0.0582. The van der Waals surface area contributed by atoms with Gasteiger partial charge in [-0.05, 0) is 44.3 Å². The second kappa shape index (κ2) is 7.11. The van der Waals surface area contributed by atoms with Crippen LogP contribution in [-0.2, 0) is 6.54 Å². The zero-order valence-electron chi connectivity index (χ0n) is 12.6. The molecule has 2 rings (SSSR count). The van der Waals surface area contributed by atoms with Gasteiger partial charge in [0.15, 0.2) is 0 Å². The molecule has 4 nitrogen and oxygen atoms in total. The molecule has 0 fully saturated rings. The van der Waals surface area contributed by atoms with Crippen LogP contribution in [0.4, 0.5) is 0 Å². The molecule has 114 valence electrons. The molecule has 1 unspecified atom stereocenters. The van der Waals surface area contributed by atoms with Gasteiger partial charge in [-0.2, -0.15) is 0 Å². The van der Waals surface area contributed by atoms with E-state index in [0.717, 1.165) is 27.3 Å². The minimum Gasteiger partial charge on any atom is -0.496 e. The molecule has 2 N–H and O–H groups in total. The van der Waals surface area contributed by atoms with Crippen LogP contribution in [0.5, 0.6) is 5.75 Å². The van der Waals surface area contributed by atoms with E-state index in [2.05, 4.69) is 26.9 Å². The number of hydrogen-bond donors (Lipinski definition) is 1. The van der Waals surface area contributed by atoms with E-state index in [1.165, 1.54) is 0 Å². The number of nitrogens with zero attached hydrogens (tertiary/aromatic N) is 1. The number of hydrogen-bond acceptors (Lipinski definition) is 4. The van der Waals surface area contributed by atoms with Gasteiger partial charge in [0.25, 0.3) is 0 Å². The van der Waals surface area contributed by atoms with Crippen LogP contribution >= 0.6 is 15.9 Å². The van der Waals surface area contributed by atoms with Gasteiger partial charge in [0, 0.05) is 16.6 Å². The summed E-state index contributed by atoms with van der Waals surface area (Å²) in [7, 11) is 3.71. The summed E-state index contributed by atoms with van der Waals surface area (Å²) < 4.78 is 12.1. The van der Waals surface area contributed by atoms with Crippen molar-refractivity contribution in [1.82, 2.24) is 4.90 Å². The van der Waals surface area contributed by atoms with Crippen molar-refractivity contribution in [2.45, 2.75) is 19.5 Å². The molecule has 1 aromatic carbocycles. The van der Waals surface area contributed by atoms with E-state index in [1.807, 2.05) is 38.2 Å². The Hall–Kier alpha value is -1.30. The summed E-state index contributed by atoms with van der Waals surface area (Å²) in [5, 5.41) is 0. The number of furan rings is 1. The quantitative estimate of drug-likeness (QED) is 0.864. The van der Waals surface area contributed by atoms with E-state index in [0.29, 0.717) is 13.1 Å². The van der Waals surface area contributed by atoms with E-state index >= 15 is 0 Å². The van der Waals surface area contributed by atoms with Crippen molar-refractivity contribution >= 4 is 15.9 Å². The summed E-state index contributed by atoms with van der Waals surface area (Å²) >= 11 is 3.51. The second-order valence-electron chi connectivity index (χ2n) is 5.07. The second-order valence-corrected chi connectivity index (χ2v) is 5.98. The van der Waals surface area contributed by atoms with Gasteiger partial charge in [-0.3, -0.25) is 4.90 Å². The monoisotopic (exact) mass is 352 g/mol. The van der Waals surface area contributed by atoms with E-state index < -0.39 is 0 Å². The van der Waals surface area contributed by atoms with Crippen LogP contribution in [0.2, 0.25) is 0 Å². The van der Waals surface area contributed by atoms with Crippen LogP contribution in [0, 0.1) is 6.92 Å². The summed E-state index contributed by atoms with van der Waals surface area (Å²) in [6, 6.07) is 10.00. The fraction of sp³-hybridized carbons (Fsp3) is 0.375. The van der Waals surface area contributed by atoms with Gasteiger partial charge in [0.1, 0.15) is 17.3 Å². The first-order valence-electron chi connectivity index (χ1n) is 6.84. The molecule has 0 amide bonds. The average molecular weight is 353 g/mol. The Bertz CT molecular complexity index is 598. The smallest absolute Gasteiger partial charge is 0.123 e. The normalized spacial score (nSPS) is 12.7. The number of ether oxygens (including phenoxy) is 1. The lowest BCUT2D eigenvalue weighted by molar-refractivity contribution is 0.217. The Kier molecular flexibility index (Phi) is 5.45. The molecule has 21 heavy (non-hydrogen) atoms. The van der Waals surface area contributed by atoms with Gasteiger partial charge >= 0.3 is 0 Å². The van der Waals surface area contributed by atoms with Crippen LogP contribution in [-0.4, -0.2) is 25.6 Å². The van der Waals surface area contributed by atoms with E-state index in [1.54, 1.807) is 7.11 Å². The molecule has 0 spiro atoms. The van der Waals surface area contributed by atoms with Gasteiger partial charge < -0.3 is 14.9 Å². The van der Waals surface area contributed by atoms with Crippen molar-refractivity contribution in [2.75, 3.05) is 20.7 Å². The third kappa shape index (κ3) is 3.87. The summed E-state index contributed by atoms with van der Waals surface area (Å²) in [5.41, 5.74) is 7.06. The molecule has 1 atom stereocenters. The minimum absolute atomic E-state index is 0.0582. The fourth-order valence-corrected chi connectivity index (χ4v) is 2.81. The number of halogens is 1. The predicted octanol–water partition coefficient (Wildman–Crippen LogP) is 3.49. The zero-order valence-corrected chi connectivity index (χ0v) is 14.2. The maximum absolute atomic E-state index is 6.00. The van der Waals surface area contributed by atoms with Crippen LogP contribution in [0.3, 0.4) is 0 Å². The molecule has 0 saturated carbocycles. The number of methoxy groups -OCH3 is 1. The Labute approximate surface area is 134 Å². The number of benzene rings is 1. The van der Waals surface area contributed by atoms with Crippen LogP contribution in [0.15, 0.2) is 39.2 Å².